The van der Waals surface area contributed by atoms with Gasteiger partial charge in [0, 0.05) is 6.04 Å². The number of rotatable bonds is 3. The second kappa shape index (κ2) is 5.76. The second-order valence-electron chi connectivity index (χ2n) is 6.37. The van der Waals surface area contributed by atoms with Crippen molar-refractivity contribution in [2.45, 2.75) is 52.1 Å². The van der Waals surface area contributed by atoms with Crippen LogP contribution in [0, 0.1) is 11.7 Å². The summed E-state index contributed by atoms with van der Waals surface area (Å²) >= 11 is 0. The standard InChI is InChI=1S/C17H24FN3/c1-4-12-7-8-19-15(9-12)17-20-14-6-5-13(18)10-16(14)21(17)11(2)3/h5-6,10-12,15,19H,4,7-9H2,1-3H3. The van der Waals surface area contributed by atoms with E-state index in [0.29, 0.717) is 0 Å². The van der Waals surface area contributed by atoms with Gasteiger partial charge in [0.25, 0.3) is 0 Å². The second-order valence-corrected chi connectivity index (χ2v) is 6.37. The van der Waals surface area contributed by atoms with Gasteiger partial charge in [-0.3, -0.25) is 0 Å². The summed E-state index contributed by atoms with van der Waals surface area (Å²) in [6.45, 7) is 7.57. The molecule has 3 nitrogen and oxygen atoms in total. The third-order valence-corrected chi connectivity index (χ3v) is 4.60. The molecule has 0 saturated carbocycles. The van der Waals surface area contributed by atoms with E-state index in [-0.39, 0.29) is 17.9 Å². The summed E-state index contributed by atoms with van der Waals surface area (Å²) in [6.07, 6.45) is 3.58. The first-order chi connectivity index (χ1) is 10.1. The van der Waals surface area contributed by atoms with Gasteiger partial charge in [0.15, 0.2) is 0 Å². The molecule has 0 aliphatic carbocycles. The van der Waals surface area contributed by atoms with Gasteiger partial charge >= 0.3 is 0 Å². The van der Waals surface area contributed by atoms with Gasteiger partial charge in [-0.15, -0.1) is 0 Å². The Balaban J connectivity index is 2.06. The summed E-state index contributed by atoms with van der Waals surface area (Å²) in [7, 11) is 0. The lowest BCUT2D eigenvalue weighted by atomic mass is 9.90. The van der Waals surface area contributed by atoms with Crippen molar-refractivity contribution in [3.8, 4) is 0 Å². The van der Waals surface area contributed by atoms with Crippen LogP contribution in [0.3, 0.4) is 0 Å². The molecule has 2 atom stereocenters. The highest BCUT2D eigenvalue weighted by molar-refractivity contribution is 5.76. The number of piperidine rings is 1. The van der Waals surface area contributed by atoms with Crippen molar-refractivity contribution >= 4 is 11.0 Å². The topological polar surface area (TPSA) is 29.9 Å². The lowest BCUT2D eigenvalue weighted by Crippen LogP contribution is -2.33. The first-order valence-corrected chi connectivity index (χ1v) is 8.01. The Kier molecular flexibility index (Phi) is 3.98. The quantitative estimate of drug-likeness (QED) is 0.917. The van der Waals surface area contributed by atoms with Crippen LogP contribution in [0.15, 0.2) is 18.2 Å². The average Bonchev–Trinajstić information content (AvgIpc) is 2.86. The summed E-state index contributed by atoms with van der Waals surface area (Å²) < 4.78 is 15.8. The third-order valence-electron chi connectivity index (χ3n) is 4.60. The number of fused-ring (bicyclic) bond motifs is 1. The molecule has 2 heterocycles. The largest absolute Gasteiger partial charge is 0.324 e. The van der Waals surface area contributed by atoms with Crippen LogP contribution in [0.2, 0.25) is 0 Å². The predicted octanol–water partition coefficient (Wildman–Crippen LogP) is 4.21. The molecule has 114 valence electrons. The van der Waals surface area contributed by atoms with Crippen molar-refractivity contribution in [1.82, 2.24) is 14.9 Å². The Bertz CT molecular complexity index is 632. The molecule has 1 fully saturated rings. The first kappa shape index (κ1) is 14.5. The van der Waals surface area contributed by atoms with E-state index >= 15 is 0 Å². The van der Waals surface area contributed by atoms with E-state index in [1.807, 2.05) is 0 Å². The maximum absolute atomic E-state index is 13.6. The molecule has 1 aromatic carbocycles. The highest BCUT2D eigenvalue weighted by atomic mass is 19.1. The lowest BCUT2D eigenvalue weighted by Gasteiger charge is -2.30. The van der Waals surface area contributed by atoms with Crippen LogP contribution < -0.4 is 5.32 Å². The van der Waals surface area contributed by atoms with Crippen molar-refractivity contribution < 1.29 is 4.39 Å². The van der Waals surface area contributed by atoms with Gasteiger partial charge in [0.1, 0.15) is 11.6 Å². The molecule has 0 amide bonds. The molecular weight excluding hydrogens is 265 g/mol. The van der Waals surface area contributed by atoms with Crippen molar-refractivity contribution in [3.05, 3.63) is 29.8 Å². The Morgan fingerprint density at radius 3 is 2.95 bits per heavy atom. The number of nitrogens with one attached hydrogen (secondary N) is 1. The fourth-order valence-electron chi connectivity index (χ4n) is 3.44. The van der Waals surface area contributed by atoms with Crippen molar-refractivity contribution in [2.75, 3.05) is 6.54 Å². The number of aromatic nitrogens is 2. The summed E-state index contributed by atoms with van der Waals surface area (Å²) in [6, 6.07) is 5.43. The molecule has 0 radical (unpaired) electrons. The van der Waals surface area contributed by atoms with Gasteiger partial charge < -0.3 is 9.88 Å². The smallest absolute Gasteiger partial charge is 0.127 e. The Hall–Kier alpha value is -1.42. The highest BCUT2D eigenvalue weighted by Crippen LogP contribution is 2.32. The summed E-state index contributed by atoms with van der Waals surface area (Å²) in [5, 5.41) is 3.59. The van der Waals surface area contributed by atoms with Gasteiger partial charge in [-0.25, -0.2) is 9.37 Å². The Morgan fingerprint density at radius 2 is 2.24 bits per heavy atom. The summed E-state index contributed by atoms with van der Waals surface area (Å²) in [5.41, 5.74) is 1.79. The maximum atomic E-state index is 13.6. The van der Waals surface area contributed by atoms with E-state index in [9.17, 15) is 4.39 Å². The van der Waals surface area contributed by atoms with Gasteiger partial charge in [-0.05, 0) is 57.4 Å². The molecule has 1 saturated heterocycles. The summed E-state index contributed by atoms with van der Waals surface area (Å²) in [5.74, 6) is 1.62. The number of nitrogens with zero attached hydrogens (tertiary/aromatic N) is 2. The highest BCUT2D eigenvalue weighted by Gasteiger charge is 2.27. The molecule has 0 bridgehead atoms. The SMILES string of the molecule is CCC1CCNC(c2nc3ccc(F)cc3n2C(C)C)C1. The van der Waals surface area contributed by atoms with E-state index < -0.39 is 0 Å². The van der Waals surface area contributed by atoms with E-state index in [1.54, 1.807) is 12.1 Å². The zero-order valence-corrected chi connectivity index (χ0v) is 13.1. The Morgan fingerprint density at radius 1 is 1.43 bits per heavy atom. The van der Waals surface area contributed by atoms with Gasteiger partial charge in [0.2, 0.25) is 0 Å². The minimum atomic E-state index is -0.195. The number of halogens is 1. The zero-order chi connectivity index (χ0) is 15.0. The van der Waals surface area contributed by atoms with Crippen LogP contribution in [-0.4, -0.2) is 16.1 Å². The lowest BCUT2D eigenvalue weighted by molar-refractivity contribution is 0.284. The number of benzene rings is 1. The number of hydrogen-bond donors (Lipinski definition) is 1. The van der Waals surface area contributed by atoms with Crippen LogP contribution in [0.1, 0.15) is 57.9 Å². The Labute approximate surface area is 125 Å². The fourth-order valence-corrected chi connectivity index (χ4v) is 3.44. The average molecular weight is 289 g/mol. The first-order valence-electron chi connectivity index (χ1n) is 8.01. The van der Waals surface area contributed by atoms with E-state index in [4.69, 9.17) is 4.98 Å². The maximum Gasteiger partial charge on any atom is 0.127 e. The van der Waals surface area contributed by atoms with E-state index in [1.165, 1.54) is 18.9 Å². The molecule has 1 N–H and O–H groups in total. The van der Waals surface area contributed by atoms with E-state index in [0.717, 1.165) is 35.7 Å². The van der Waals surface area contributed by atoms with Gasteiger partial charge in [0.05, 0.1) is 17.1 Å². The minimum absolute atomic E-state index is 0.195. The normalized spacial score (nSPS) is 23.1. The van der Waals surface area contributed by atoms with Gasteiger partial charge in [-0.2, -0.15) is 0 Å². The van der Waals surface area contributed by atoms with E-state index in [2.05, 4.69) is 30.7 Å². The molecule has 1 aromatic heterocycles. The van der Waals surface area contributed by atoms with Gasteiger partial charge in [-0.1, -0.05) is 13.3 Å². The van der Waals surface area contributed by atoms with Crippen molar-refractivity contribution in [2.24, 2.45) is 5.92 Å². The molecule has 0 spiro atoms. The molecule has 4 heteroatoms. The monoisotopic (exact) mass is 289 g/mol. The van der Waals surface area contributed by atoms with Crippen LogP contribution in [0.4, 0.5) is 4.39 Å². The fraction of sp³-hybridized carbons (Fsp3) is 0.588. The molecule has 1 aliphatic heterocycles. The predicted molar refractivity (Wildman–Crippen MR) is 83.8 cm³/mol. The van der Waals surface area contributed by atoms with Crippen LogP contribution in [0.25, 0.3) is 11.0 Å². The molecule has 2 aromatic rings. The molecule has 21 heavy (non-hydrogen) atoms. The zero-order valence-electron chi connectivity index (χ0n) is 13.1. The van der Waals surface area contributed by atoms with Crippen molar-refractivity contribution in [3.63, 3.8) is 0 Å². The third kappa shape index (κ3) is 2.69. The molecule has 3 rings (SSSR count). The number of imidazole rings is 1. The number of hydrogen-bond acceptors (Lipinski definition) is 2. The van der Waals surface area contributed by atoms with Crippen molar-refractivity contribution in [1.29, 1.82) is 0 Å². The van der Waals surface area contributed by atoms with Crippen LogP contribution in [0.5, 0.6) is 0 Å². The molecule has 2 unspecified atom stereocenters. The summed E-state index contributed by atoms with van der Waals surface area (Å²) in [4.78, 5) is 4.80. The minimum Gasteiger partial charge on any atom is -0.324 e. The van der Waals surface area contributed by atoms with Crippen LogP contribution >= 0.6 is 0 Å². The molecular formula is C17H24FN3. The molecule has 1 aliphatic rings. The van der Waals surface area contributed by atoms with Crippen LogP contribution in [-0.2, 0) is 0 Å².